The van der Waals surface area contributed by atoms with Gasteiger partial charge in [-0.3, -0.25) is 15.0 Å². The Morgan fingerprint density at radius 1 is 1.00 bits per heavy atom. The molecule has 0 spiro atoms. The number of amides is 1. The molecule has 3 rings (SSSR count). The van der Waals surface area contributed by atoms with Crippen LogP contribution >= 0.6 is 23.2 Å². The van der Waals surface area contributed by atoms with Crippen molar-refractivity contribution in [3.63, 3.8) is 0 Å². The van der Waals surface area contributed by atoms with E-state index in [0.29, 0.717) is 50.0 Å². The minimum atomic E-state index is -0.953. The Balaban J connectivity index is 2.37. The van der Waals surface area contributed by atoms with Crippen LogP contribution in [0, 0.1) is 5.41 Å². The Kier molecular flexibility index (Phi) is 7.92. The van der Waals surface area contributed by atoms with Crippen molar-refractivity contribution in [3.8, 4) is 22.3 Å². The second-order valence-electron chi connectivity index (χ2n) is 7.21. The second-order valence-corrected chi connectivity index (χ2v) is 7.97. The average Bonchev–Trinajstić information content (AvgIpc) is 2.77. The van der Waals surface area contributed by atoms with Crippen molar-refractivity contribution >= 4 is 47.2 Å². The van der Waals surface area contributed by atoms with Crippen LogP contribution in [0.15, 0.2) is 54.6 Å². The van der Waals surface area contributed by atoms with E-state index in [2.05, 4.69) is 10.6 Å². The fourth-order valence-electron chi connectivity index (χ4n) is 3.68. The molecular formula is C24H22Cl2N4O3. The molecule has 0 bridgehead atoms. The number of hydrogen-bond acceptors (Lipinski definition) is 3. The fraction of sp³-hybridized carbons (Fsp3) is 0.125. The van der Waals surface area contributed by atoms with Crippen LogP contribution in [0.25, 0.3) is 22.3 Å². The molecule has 0 saturated heterocycles. The molecule has 3 aromatic rings. The van der Waals surface area contributed by atoms with Crippen molar-refractivity contribution in [2.75, 3.05) is 5.32 Å². The number of halogens is 2. The van der Waals surface area contributed by atoms with Gasteiger partial charge in [-0.05, 0) is 35.2 Å². The van der Waals surface area contributed by atoms with Crippen LogP contribution in [0.3, 0.4) is 0 Å². The molecule has 0 aliphatic carbocycles. The number of benzene rings is 3. The number of guanidine groups is 1. The third-order valence-electron chi connectivity index (χ3n) is 5.02. The molecule has 0 aromatic heterocycles. The van der Waals surface area contributed by atoms with Crippen LogP contribution in [0.1, 0.15) is 17.5 Å². The molecule has 0 unspecified atom stereocenters. The maximum absolute atomic E-state index is 11.5. The van der Waals surface area contributed by atoms with Crippen LogP contribution < -0.4 is 16.4 Å². The van der Waals surface area contributed by atoms with Crippen LogP contribution in [-0.4, -0.2) is 23.4 Å². The molecule has 6 N–H and O–H groups in total. The maximum atomic E-state index is 11.5. The SMILES string of the molecule is N=C(N)Nc1cccc(-c2c(Cl)c(CNC=O)c(Cl)c(-c3ccccc3)c2CCC(=O)O)c1. The molecule has 0 heterocycles. The summed E-state index contributed by atoms with van der Waals surface area (Å²) < 4.78 is 0. The van der Waals surface area contributed by atoms with E-state index in [4.69, 9.17) is 34.3 Å². The summed E-state index contributed by atoms with van der Waals surface area (Å²) >= 11 is 13.7. The highest BCUT2D eigenvalue weighted by atomic mass is 35.5. The number of rotatable bonds is 9. The molecule has 3 aromatic carbocycles. The van der Waals surface area contributed by atoms with Crippen LogP contribution in [0.2, 0.25) is 10.0 Å². The highest BCUT2D eigenvalue weighted by Gasteiger charge is 2.24. The number of carbonyl (C=O) groups is 2. The first kappa shape index (κ1) is 24.1. The summed E-state index contributed by atoms with van der Waals surface area (Å²) in [5, 5.41) is 22.9. The Morgan fingerprint density at radius 2 is 1.64 bits per heavy atom. The largest absolute Gasteiger partial charge is 0.481 e. The number of nitrogens with two attached hydrogens (primary N) is 1. The van der Waals surface area contributed by atoms with Gasteiger partial charge >= 0.3 is 5.97 Å². The number of carbonyl (C=O) groups excluding carboxylic acids is 1. The Bertz CT molecular complexity index is 1200. The normalized spacial score (nSPS) is 10.5. The zero-order chi connectivity index (χ0) is 24.0. The molecule has 0 radical (unpaired) electrons. The second kappa shape index (κ2) is 10.8. The molecule has 1 amide bonds. The Morgan fingerprint density at radius 3 is 2.24 bits per heavy atom. The third-order valence-corrected chi connectivity index (χ3v) is 5.85. The molecule has 0 saturated carbocycles. The highest BCUT2D eigenvalue weighted by molar-refractivity contribution is 6.40. The van der Waals surface area contributed by atoms with Gasteiger partial charge in [0.1, 0.15) is 0 Å². The van der Waals surface area contributed by atoms with E-state index in [-0.39, 0.29) is 25.3 Å². The first-order valence-electron chi connectivity index (χ1n) is 10.0. The van der Waals surface area contributed by atoms with Crippen LogP contribution in [0.5, 0.6) is 0 Å². The lowest BCUT2D eigenvalue weighted by molar-refractivity contribution is -0.136. The smallest absolute Gasteiger partial charge is 0.303 e. The molecule has 170 valence electrons. The molecule has 0 fully saturated rings. The van der Waals surface area contributed by atoms with Gasteiger partial charge in [0.2, 0.25) is 6.41 Å². The summed E-state index contributed by atoms with van der Waals surface area (Å²) in [5.74, 6) is -1.17. The zero-order valence-electron chi connectivity index (χ0n) is 17.5. The van der Waals surface area contributed by atoms with Gasteiger partial charge in [0.25, 0.3) is 0 Å². The summed E-state index contributed by atoms with van der Waals surface area (Å²) in [6.45, 7) is 0.0958. The lowest BCUT2D eigenvalue weighted by Crippen LogP contribution is -2.20. The van der Waals surface area contributed by atoms with Gasteiger partial charge in [0, 0.05) is 35.3 Å². The van der Waals surface area contributed by atoms with Gasteiger partial charge in [0.05, 0.1) is 10.0 Å². The molecule has 0 atom stereocenters. The summed E-state index contributed by atoms with van der Waals surface area (Å²) in [6.07, 6.45) is 0.612. The Hall–Kier alpha value is -3.55. The van der Waals surface area contributed by atoms with Crippen molar-refractivity contribution in [1.29, 1.82) is 5.41 Å². The van der Waals surface area contributed by atoms with Crippen molar-refractivity contribution in [3.05, 3.63) is 75.8 Å². The van der Waals surface area contributed by atoms with Gasteiger partial charge in [-0.1, -0.05) is 65.7 Å². The average molecular weight is 485 g/mol. The van der Waals surface area contributed by atoms with Crippen molar-refractivity contribution in [2.45, 2.75) is 19.4 Å². The van der Waals surface area contributed by atoms with E-state index in [9.17, 15) is 14.7 Å². The Labute approximate surface area is 201 Å². The molecular weight excluding hydrogens is 463 g/mol. The number of carboxylic acid groups (broad SMARTS) is 1. The van der Waals surface area contributed by atoms with Crippen molar-refractivity contribution < 1.29 is 14.7 Å². The first-order valence-corrected chi connectivity index (χ1v) is 10.8. The lowest BCUT2D eigenvalue weighted by atomic mass is 9.86. The summed E-state index contributed by atoms with van der Waals surface area (Å²) in [5.41, 5.74) is 9.99. The predicted octanol–water partition coefficient (Wildman–Crippen LogP) is 4.90. The fourth-order valence-corrected chi connectivity index (χ4v) is 4.50. The maximum Gasteiger partial charge on any atom is 0.303 e. The lowest BCUT2D eigenvalue weighted by Gasteiger charge is -2.23. The van der Waals surface area contributed by atoms with E-state index in [1.54, 1.807) is 18.2 Å². The molecule has 0 aliphatic rings. The highest BCUT2D eigenvalue weighted by Crippen LogP contribution is 2.46. The summed E-state index contributed by atoms with van der Waals surface area (Å²) in [7, 11) is 0. The third kappa shape index (κ3) is 5.63. The van der Waals surface area contributed by atoms with E-state index in [1.807, 2.05) is 36.4 Å². The minimum absolute atomic E-state index is 0.0958. The summed E-state index contributed by atoms with van der Waals surface area (Å²) in [4.78, 5) is 22.5. The van der Waals surface area contributed by atoms with E-state index in [1.165, 1.54) is 0 Å². The quantitative estimate of drug-likeness (QED) is 0.167. The number of nitrogens with one attached hydrogen (secondary N) is 3. The topological polar surface area (TPSA) is 128 Å². The monoisotopic (exact) mass is 484 g/mol. The predicted molar refractivity (Wildman–Crippen MR) is 132 cm³/mol. The van der Waals surface area contributed by atoms with Gasteiger partial charge < -0.3 is 21.5 Å². The molecule has 33 heavy (non-hydrogen) atoms. The van der Waals surface area contributed by atoms with E-state index in [0.717, 1.165) is 5.56 Å². The number of aliphatic carboxylic acids is 1. The number of anilines is 1. The van der Waals surface area contributed by atoms with Gasteiger partial charge in [-0.2, -0.15) is 0 Å². The number of hydrogen-bond donors (Lipinski definition) is 5. The van der Waals surface area contributed by atoms with E-state index >= 15 is 0 Å². The molecule has 9 heteroatoms. The van der Waals surface area contributed by atoms with Crippen molar-refractivity contribution in [2.24, 2.45) is 5.73 Å². The van der Waals surface area contributed by atoms with Crippen LogP contribution in [0.4, 0.5) is 5.69 Å². The van der Waals surface area contributed by atoms with Crippen LogP contribution in [-0.2, 0) is 22.6 Å². The molecule has 7 nitrogen and oxygen atoms in total. The van der Waals surface area contributed by atoms with Gasteiger partial charge in [-0.15, -0.1) is 0 Å². The van der Waals surface area contributed by atoms with Crippen molar-refractivity contribution in [1.82, 2.24) is 5.32 Å². The zero-order valence-corrected chi connectivity index (χ0v) is 19.0. The standard InChI is InChI=1S/C24H22Cl2N4O3/c25-22-18(12-29-13-31)23(26)21(15-7-4-8-16(11-15)30-24(27)28)17(9-10-19(32)33)20(22)14-5-2-1-3-6-14/h1-8,11,13H,9-10,12H2,(H,29,31)(H,32,33)(H4,27,28,30). The first-order chi connectivity index (χ1) is 15.8. The van der Waals surface area contributed by atoms with Gasteiger partial charge in [0.15, 0.2) is 5.96 Å². The number of carboxylic acids is 1. The van der Waals surface area contributed by atoms with Gasteiger partial charge in [-0.25, -0.2) is 0 Å². The summed E-state index contributed by atoms with van der Waals surface area (Å²) in [6, 6.07) is 16.5. The minimum Gasteiger partial charge on any atom is -0.481 e. The molecule has 0 aliphatic heterocycles. The van der Waals surface area contributed by atoms with E-state index < -0.39 is 5.97 Å².